The predicted molar refractivity (Wildman–Crippen MR) is 62.3 cm³/mol. The van der Waals surface area contributed by atoms with Crippen LogP contribution in [0.25, 0.3) is 0 Å². The molecule has 0 saturated carbocycles. The molecule has 0 aromatic heterocycles. The quantitative estimate of drug-likeness (QED) is 0.893. The number of aliphatic hydroxyl groups is 1. The fourth-order valence-corrected chi connectivity index (χ4v) is 1.82. The van der Waals surface area contributed by atoms with Crippen LogP contribution in [0.15, 0.2) is 22.7 Å². The molecule has 0 aliphatic rings. The third-order valence-corrected chi connectivity index (χ3v) is 2.55. The van der Waals surface area contributed by atoms with Gasteiger partial charge in [0.15, 0.2) is 0 Å². The lowest BCUT2D eigenvalue weighted by Crippen LogP contribution is -2.17. The number of aliphatic hydroxyl groups excluding tert-OH is 1. The number of hydrogen-bond donors (Lipinski definition) is 1. The van der Waals surface area contributed by atoms with Gasteiger partial charge < -0.3 is 14.6 Å². The molecule has 0 amide bonds. The van der Waals surface area contributed by atoms with E-state index in [4.69, 9.17) is 9.47 Å². The lowest BCUT2D eigenvalue weighted by atomic mass is 10.1. The zero-order valence-corrected chi connectivity index (χ0v) is 10.5. The van der Waals surface area contributed by atoms with Gasteiger partial charge in [-0.3, -0.25) is 0 Å². The van der Waals surface area contributed by atoms with E-state index in [0.717, 1.165) is 15.8 Å². The van der Waals surface area contributed by atoms with Crippen molar-refractivity contribution in [1.82, 2.24) is 0 Å². The molecule has 1 aromatic rings. The number of methoxy groups -OCH3 is 2. The fourth-order valence-electron chi connectivity index (χ4n) is 1.41. The van der Waals surface area contributed by atoms with Gasteiger partial charge in [-0.2, -0.15) is 0 Å². The molecule has 3 nitrogen and oxygen atoms in total. The maximum atomic E-state index is 9.62. The van der Waals surface area contributed by atoms with Crippen LogP contribution < -0.4 is 4.74 Å². The van der Waals surface area contributed by atoms with Gasteiger partial charge >= 0.3 is 0 Å². The van der Waals surface area contributed by atoms with Gasteiger partial charge in [-0.05, 0) is 23.8 Å². The third-order valence-electron chi connectivity index (χ3n) is 2.06. The molecule has 1 atom stereocenters. The molecule has 0 heterocycles. The molecule has 1 unspecified atom stereocenters. The number of ether oxygens (including phenoxy) is 2. The monoisotopic (exact) mass is 274 g/mol. The molecule has 15 heavy (non-hydrogen) atoms. The zero-order valence-electron chi connectivity index (χ0n) is 8.87. The maximum Gasteiger partial charge on any atom is 0.122 e. The van der Waals surface area contributed by atoms with Gasteiger partial charge in [-0.25, -0.2) is 0 Å². The molecule has 84 valence electrons. The molecule has 4 heteroatoms. The van der Waals surface area contributed by atoms with Crippen molar-refractivity contribution in [2.75, 3.05) is 20.8 Å². The Hall–Kier alpha value is -0.580. The van der Waals surface area contributed by atoms with Crippen molar-refractivity contribution < 1.29 is 14.6 Å². The highest BCUT2D eigenvalue weighted by Crippen LogP contribution is 2.24. The summed E-state index contributed by atoms with van der Waals surface area (Å²) in [6.45, 7) is 0.329. The molecule has 1 rings (SSSR count). The van der Waals surface area contributed by atoms with Gasteiger partial charge in [-0.1, -0.05) is 15.9 Å². The van der Waals surface area contributed by atoms with E-state index in [0.29, 0.717) is 13.0 Å². The smallest absolute Gasteiger partial charge is 0.122 e. The Morgan fingerprint density at radius 3 is 2.73 bits per heavy atom. The summed E-state index contributed by atoms with van der Waals surface area (Å²) in [4.78, 5) is 0. The van der Waals surface area contributed by atoms with Gasteiger partial charge in [0.25, 0.3) is 0 Å². The van der Waals surface area contributed by atoms with Gasteiger partial charge in [-0.15, -0.1) is 0 Å². The Balaban J connectivity index is 2.77. The average Bonchev–Trinajstić information content (AvgIpc) is 2.18. The minimum atomic E-state index is -0.502. The van der Waals surface area contributed by atoms with E-state index < -0.39 is 6.10 Å². The largest absolute Gasteiger partial charge is 0.496 e. The summed E-state index contributed by atoms with van der Waals surface area (Å²) in [5.41, 5.74) is 0.969. The second kappa shape index (κ2) is 6.10. The Bertz CT molecular complexity index is 315. The van der Waals surface area contributed by atoms with E-state index in [1.54, 1.807) is 14.2 Å². The first kappa shape index (κ1) is 12.5. The van der Waals surface area contributed by atoms with Crippen molar-refractivity contribution in [2.45, 2.75) is 12.5 Å². The standard InChI is InChI=1S/C11H15BrO3/c1-14-7-10(13)6-8-5-9(12)3-4-11(8)15-2/h3-5,10,13H,6-7H2,1-2H3. The van der Waals surface area contributed by atoms with Crippen molar-refractivity contribution in [3.63, 3.8) is 0 Å². The van der Waals surface area contributed by atoms with E-state index in [-0.39, 0.29) is 0 Å². The molecule has 0 saturated heterocycles. The highest BCUT2D eigenvalue weighted by atomic mass is 79.9. The minimum absolute atomic E-state index is 0.329. The van der Waals surface area contributed by atoms with E-state index >= 15 is 0 Å². The second-order valence-corrected chi connectivity index (χ2v) is 4.19. The number of rotatable bonds is 5. The maximum absolute atomic E-state index is 9.62. The van der Waals surface area contributed by atoms with Crippen LogP contribution >= 0.6 is 15.9 Å². The molecule has 0 radical (unpaired) electrons. The number of benzene rings is 1. The Morgan fingerprint density at radius 1 is 1.40 bits per heavy atom. The topological polar surface area (TPSA) is 38.7 Å². The average molecular weight is 275 g/mol. The van der Waals surface area contributed by atoms with Crippen LogP contribution in [0.3, 0.4) is 0 Å². The van der Waals surface area contributed by atoms with Crippen LogP contribution in [0.5, 0.6) is 5.75 Å². The van der Waals surface area contributed by atoms with Crippen LogP contribution in [-0.4, -0.2) is 32.0 Å². The van der Waals surface area contributed by atoms with Crippen molar-refractivity contribution in [3.8, 4) is 5.75 Å². The molecular formula is C11H15BrO3. The molecule has 0 fully saturated rings. The molecule has 0 spiro atoms. The van der Waals surface area contributed by atoms with E-state index in [9.17, 15) is 5.11 Å². The van der Waals surface area contributed by atoms with Gasteiger partial charge in [0.05, 0.1) is 19.8 Å². The number of hydrogen-bond acceptors (Lipinski definition) is 3. The molecule has 1 aromatic carbocycles. The summed E-state index contributed by atoms with van der Waals surface area (Å²) in [6.07, 6.45) is 0.0226. The van der Waals surface area contributed by atoms with Crippen LogP contribution in [0.2, 0.25) is 0 Å². The molecule has 1 N–H and O–H groups in total. The Morgan fingerprint density at radius 2 is 2.13 bits per heavy atom. The first-order valence-corrected chi connectivity index (χ1v) is 5.46. The van der Waals surface area contributed by atoms with E-state index in [1.807, 2.05) is 18.2 Å². The molecule has 0 bridgehead atoms. The molecular weight excluding hydrogens is 260 g/mol. The van der Waals surface area contributed by atoms with Crippen LogP contribution in [0, 0.1) is 0 Å². The van der Waals surface area contributed by atoms with Crippen molar-refractivity contribution in [2.24, 2.45) is 0 Å². The van der Waals surface area contributed by atoms with Gasteiger partial charge in [0.2, 0.25) is 0 Å². The normalized spacial score (nSPS) is 12.5. The lowest BCUT2D eigenvalue weighted by Gasteiger charge is -2.12. The third kappa shape index (κ3) is 3.81. The first-order valence-electron chi connectivity index (χ1n) is 4.66. The number of halogens is 1. The first-order chi connectivity index (χ1) is 7.17. The predicted octanol–water partition coefficient (Wildman–Crippen LogP) is 2.01. The summed E-state index contributed by atoms with van der Waals surface area (Å²) in [5.74, 6) is 0.786. The zero-order chi connectivity index (χ0) is 11.3. The van der Waals surface area contributed by atoms with Crippen LogP contribution in [0.4, 0.5) is 0 Å². The van der Waals surface area contributed by atoms with Crippen LogP contribution in [-0.2, 0) is 11.2 Å². The summed E-state index contributed by atoms with van der Waals surface area (Å²) in [5, 5.41) is 9.62. The van der Waals surface area contributed by atoms with E-state index in [2.05, 4.69) is 15.9 Å². The van der Waals surface area contributed by atoms with Crippen LogP contribution in [0.1, 0.15) is 5.56 Å². The highest BCUT2D eigenvalue weighted by Gasteiger charge is 2.10. The summed E-state index contributed by atoms with van der Waals surface area (Å²) < 4.78 is 11.1. The van der Waals surface area contributed by atoms with E-state index in [1.165, 1.54) is 0 Å². The summed E-state index contributed by atoms with van der Waals surface area (Å²) in [7, 11) is 3.19. The Kier molecular flexibility index (Phi) is 5.08. The summed E-state index contributed by atoms with van der Waals surface area (Å²) in [6, 6.07) is 5.72. The van der Waals surface area contributed by atoms with Crippen molar-refractivity contribution in [3.05, 3.63) is 28.2 Å². The Labute approximate surface area is 98.1 Å². The summed E-state index contributed by atoms with van der Waals surface area (Å²) >= 11 is 3.39. The molecule has 0 aliphatic carbocycles. The van der Waals surface area contributed by atoms with Crippen molar-refractivity contribution >= 4 is 15.9 Å². The van der Waals surface area contributed by atoms with Gasteiger partial charge in [0, 0.05) is 18.0 Å². The lowest BCUT2D eigenvalue weighted by molar-refractivity contribution is 0.0646. The second-order valence-electron chi connectivity index (χ2n) is 3.27. The SMILES string of the molecule is COCC(O)Cc1cc(Br)ccc1OC. The minimum Gasteiger partial charge on any atom is -0.496 e. The highest BCUT2D eigenvalue weighted by molar-refractivity contribution is 9.10. The van der Waals surface area contributed by atoms with Gasteiger partial charge in [0.1, 0.15) is 5.75 Å². The fraction of sp³-hybridized carbons (Fsp3) is 0.455. The van der Waals surface area contributed by atoms with Crippen molar-refractivity contribution in [1.29, 1.82) is 0 Å². The molecule has 0 aliphatic heterocycles.